The van der Waals surface area contributed by atoms with Gasteiger partial charge in [-0.1, -0.05) is 54.6 Å². The van der Waals surface area contributed by atoms with Gasteiger partial charge in [0.05, 0.1) is 25.8 Å². The monoisotopic (exact) mass is 509 g/mol. The first-order valence-corrected chi connectivity index (χ1v) is 14.5. The Hall–Kier alpha value is -3.02. The minimum atomic E-state index is -0.493. The molecule has 0 amide bonds. The van der Waals surface area contributed by atoms with Crippen LogP contribution < -0.4 is 4.74 Å². The zero-order chi connectivity index (χ0) is 24.9. The smallest absolute Gasteiger partial charge is 0.209 e. The molecule has 8 rings (SSSR count). The molecule has 4 aliphatic rings. The van der Waals surface area contributed by atoms with E-state index in [9.17, 15) is 0 Å². The highest BCUT2D eigenvalue weighted by molar-refractivity contribution is 7.99. The van der Waals surface area contributed by atoms with E-state index in [1.54, 1.807) is 0 Å². The van der Waals surface area contributed by atoms with E-state index >= 15 is 0 Å². The van der Waals surface area contributed by atoms with Gasteiger partial charge in [-0.3, -0.25) is 0 Å². The summed E-state index contributed by atoms with van der Waals surface area (Å²) in [5.41, 5.74) is 1.71. The van der Waals surface area contributed by atoms with Crippen LogP contribution in [0.4, 0.5) is 0 Å². The summed E-state index contributed by atoms with van der Waals surface area (Å²) >= 11 is 2.02. The molecule has 4 aliphatic heterocycles. The molecule has 5 heterocycles. The molecule has 188 valence electrons. The van der Waals surface area contributed by atoms with E-state index < -0.39 is 5.41 Å². The minimum Gasteiger partial charge on any atom is -0.457 e. The molecule has 5 heteroatoms. The second-order valence-corrected chi connectivity index (χ2v) is 12.3. The molecular weight excluding hydrogens is 476 g/mol. The Morgan fingerprint density at radius 2 is 1.54 bits per heavy atom. The van der Waals surface area contributed by atoms with E-state index in [4.69, 9.17) is 14.1 Å². The average molecular weight is 510 g/mol. The van der Waals surface area contributed by atoms with Gasteiger partial charge in [-0.05, 0) is 37.1 Å². The molecule has 1 aromatic heterocycles. The number of para-hydroxylation sites is 2. The van der Waals surface area contributed by atoms with Gasteiger partial charge >= 0.3 is 0 Å². The summed E-state index contributed by atoms with van der Waals surface area (Å²) < 4.78 is 14.1. The number of hydrogen-bond donors (Lipinski definition) is 0. The third-order valence-electron chi connectivity index (χ3n) is 8.99. The highest BCUT2D eigenvalue weighted by Gasteiger charge is 2.47. The van der Waals surface area contributed by atoms with Crippen LogP contribution in [0.5, 0.6) is 11.5 Å². The third-order valence-corrected chi connectivity index (χ3v) is 10.2. The highest BCUT2D eigenvalue weighted by Crippen LogP contribution is 2.51. The molecule has 4 aromatic rings. The van der Waals surface area contributed by atoms with E-state index in [-0.39, 0.29) is 0 Å². The minimum absolute atomic E-state index is 0.493. The lowest BCUT2D eigenvalue weighted by atomic mass is 9.74. The molecule has 0 N–H and O–H groups in total. The number of quaternary nitrogens is 1. The predicted octanol–water partition coefficient (Wildman–Crippen LogP) is 7.28. The average Bonchev–Trinajstić information content (AvgIpc) is 3.42. The van der Waals surface area contributed by atoms with Crippen molar-refractivity contribution < 1.29 is 13.6 Å². The maximum absolute atomic E-state index is 6.66. The number of hydrogen-bond acceptors (Lipinski definition) is 4. The first kappa shape index (κ1) is 23.1. The lowest BCUT2D eigenvalue weighted by Crippen LogP contribution is -2.61. The van der Waals surface area contributed by atoms with Crippen molar-refractivity contribution in [2.75, 3.05) is 25.4 Å². The number of ether oxygens (including phenoxy) is 1. The molecular formula is C32H33N2O2S+. The van der Waals surface area contributed by atoms with Crippen LogP contribution in [-0.2, 0) is 12.0 Å². The molecule has 3 saturated heterocycles. The van der Waals surface area contributed by atoms with Gasteiger partial charge in [0.15, 0.2) is 5.76 Å². The first-order chi connectivity index (χ1) is 18.1. The molecule has 0 spiro atoms. The number of benzene rings is 3. The molecule has 3 aromatic carbocycles. The lowest BCUT2D eigenvalue weighted by Gasteiger charge is -2.52. The number of oxazole rings is 1. The first-order valence-electron chi connectivity index (χ1n) is 13.5. The molecule has 4 nitrogen and oxygen atoms in total. The molecule has 0 saturated carbocycles. The predicted molar refractivity (Wildman–Crippen MR) is 147 cm³/mol. The molecule has 37 heavy (non-hydrogen) atoms. The van der Waals surface area contributed by atoms with Crippen LogP contribution >= 0.6 is 11.8 Å². The standard InChI is InChI=1S/C32H33N2O2S/c1-32(27-11-5-7-13-29(27)36-30-14-8-6-12-28(30)32)31-33-19-25(35-31)21-34-17-15-23(16-18-34)24(20-34)22-37-26-9-3-2-4-10-26/h2-14,19,23-24H,15-18,20-22H2,1H3/q+1/t23?,24-,34?/m0/s1. The fourth-order valence-electron chi connectivity index (χ4n) is 6.94. The largest absolute Gasteiger partial charge is 0.457 e. The maximum atomic E-state index is 6.66. The van der Waals surface area contributed by atoms with Crippen LogP contribution in [0.2, 0.25) is 0 Å². The Kier molecular flexibility index (Phi) is 5.67. The number of rotatable bonds is 6. The fraction of sp³-hybridized carbons (Fsp3) is 0.344. The van der Waals surface area contributed by atoms with E-state index in [2.05, 4.69) is 61.5 Å². The number of nitrogens with zero attached hydrogens (tertiary/aromatic N) is 2. The van der Waals surface area contributed by atoms with Crippen LogP contribution in [0.15, 0.2) is 94.4 Å². The van der Waals surface area contributed by atoms with E-state index in [0.717, 1.165) is 57.1 Å². The summed E-state index contributed by atoms with van der Waals surface area (Å²) in [4.78, 5) is 6.30. The van der Waals surface area contributed by atoms with Gasteiger partial charge in [0.25, 0.3) is 0 Å². The zero-order valence-electron chi connectivity index (χ0n) is 21.3. The second kappa shape index (κ2) is 9.07. The van der Waals surface area contributed by atoms with Crippen molar-refractivity contribution >= 4 is 11.8 Å². The summed E-state index contributed by atoms with van der Waals surface area (Å²) in [7, 11) is 0. The van der Waals surface area contributed by atoms with Crippen molar-refractivity contribution in [3.8, 4) is 11.5 Å². The van der Waals surface area contributed by atoms with Gasteiger partial charge < -0.3 is 13.6 Å². The van der Waals surface area contributed by atoms with Crippen LogP contribution in [0.1, 0.15) is 42.5 Å². The van der Waals surface area contributed by atoms with E-state index in [0.29, 0.717) is 0 Å². The molecule has 1 atom stereocenters. The van der Waals surface area contributed by atoms with E-state index in [1.807, 2.05) is 42.2 Å². The normalized spacial score (nSPS) is 25.2. The van der Waals surface area contributed by atoms with Gasteiger partial charge in [-0.25, -0.2) is 4.98 Å². The van der Waals surface area contributed by atoms with Crippen molar-refractivity contribution in [3.63, 3.8) is 0 Å². The number of thioether (sulfide) groups is 1. The molecule has 2 bridgehead atoms. The SMILES string of the molecule is CC1(c2ncc(C[N+]34CCC(CC3)[C@H](CSc3ccccc3)C4)o2)c2ccccc2Oc2ccccc21. The summed E-state index contributed by atoms with van der Waals surface area (Å²) in [5, 5.41) is 0. The van der Waals surface area contributed by atoms with Crippen LogP contribution in [0, 0.1) is 11.8 Å². The maximum Gasteiger partial charge on any atom is 0.209 e. The highest BCUT2D eigenvalue weighted by atomic mass is 32.2. The van der Waals surface area contributed by atoms with Crippen molar-refractivity contribution in [1.82, 2.24) is 4.98 Å². The van der Waals surface area contributed by atoms with Gasteiger partial charge in [0, 0.05) is 40.5 Å². The van der Waals surface area contributed by atoms with Gasteiger partial charge in [-0.2, -0.15) is 0 Å². The second-order valence-electron chi connectivity index (χ2n) is 11.2. The Morgan fingerprint density at radius 3 is 2.24 bits per heavy atom. The topological polar surface area (TPSA) is 35.3 Å². The van der Waals surface area contributed by atoms with E-state index in [1.165, 1.54) is 43.1 Å². The lowest BCUT2D eigenvalue weighted by molar-refractivity contribution is -0.959. The van der Waals surface area contributed by atoms with Gasteiger partial charge in [-0.15, -0.1) is 11.8 Å². The number of aromatic nitrogens is 1. The summed E-state index contributed by atoms with van der Waals surface area (Å²) in [6, 6.07) is 27.4. The zero-order valence-corrected chi connectivity index (χ0v) is 22.1. The van der Waals surface area contributed by atoms with Crippen molar-refractivity contribution in [2.45, 2.75) is 36.6 Å². The Morgan fingerprint density at radius 1 is 0.892 bits per heavy atom. The Balaban J connectivity index is 1.15. The van der Waals surface area contributed by atoms with Crippen LogP contribution in [0.25, 0.3) is 0 Å². The molecule has 3 fully saturated rings. The molecule has 0 unspecified atom stereocenters. The summed E-state index contributed by atoms with van der Waals surface area (Å²) in [6.45, 7) is 6.91. The Bertz CT molecular complexity index is 1360. The fourth-order valence-corrected chi connectivity index (χ4v) is 8.07. The van der Waals surface area contributed by atoms with Gasteiger partial charge in [0.2, 0.25) is 5.89 Å². The van der Waals surface area contributed by atoms with Crippen molar-refractivity contribution in [3.05, 3.63) is 108 Å². The van der Waals surface area contributed by atoms with Crippen LogP contribution in [-0.4, -0.2) is 34.9 Å². The third kappa shape index (κ3) is 4.00. The molecule has 0 aliphatic carbocycles. The summed E-state index contributed by atoms with van der Waals surface area (Å²) in [6.07, 6.45) is 4.65. The quantitative estimate of drug-likeness (QED) is 0.202. The van der Waals surface area contributed by atoms with Crippen molar-refractivity contribution in [1.29, 1.82) is 0 Å². The molecule has 0 radical (unpaired) electrons. The number of fused-ring (bicyclic) bond motifs is 5. The summed E-state index contributed by atoms with van der Waals surface area (Å²) in [5.74, 6) is 6.36. The van der Waals surface area contributed by atoms with Gasteiger partial charge in [0.1, 0.15) is 23.5 Å². The Labute approximate surface area is 223 Å². The van der Waals surface area contributed by atoms with Crippen LogP contribution in [0.3, 0.4) is 0 Å². The number of piperidine rings is 3. The van der Waals surface area contributed by atoms with Crippen molar-refractivity contribution in [2.24, 2.45) is 11.8 Å².